The van der Waals surface area contributed by atoms with Gasteiger partial charge in [0.25, 0.3) is 13.5 Å². The van der Waals surface area contributed by atoms with Crippen molar-refractivity contribution in [2.24, 2.45) is 0 Å². The van der Waals surface area contributed by atoms with Gasteiger partial charge in [0.2, 0.25) is 5.91 Å². The first-order valence-electron chi connectivity index (χ1n) is 14.3. The molecule has 3 amide bonds. The zero-order chi connectivity index (χ0) is 30.7. The number of amides is 3. The molecule has 234 valence electrons. The molecule has 0 saturated carbocycles. The number of hydrogen-bond acceptors (Lipinski definition) is 10. The molecular weight excluding hydrogens is 587 g/mol. The molecular formula is C27H40N4O9PS-. The lowest BCUT2D eigenvalue weighted by Gasteiger charge is -2.24. The monoisotopic (exact) mass is 627 g/mol. The number of Topliss-reactive ketones (excluding diaryl/α,β-unsaturated/α-hetero) is 1. The summed E-state index contributed by atoms with van der Waals surface area (Å²) < 4.78 is 20.8. The highest BCUT2D eigenvalue weighted by atomic mass is 32.2. The van der Waals surface area contributed by atoms with E-state index in [0.717, 1.165) is 51.4 Å². The van der Waals surface area contributed by atoms with Crippen LogP contribution in [0.1, 0.15) is 88.4 Å². The number of benzene rings is 1. The maximum Gasteiger partial charge on any atom is 0.315 e. The summed E-state index contributed by atoms with van der Waals surface area (Å²) in [5, 5.41) is 20.5. The first kappa shape index (κ1) is 34.0. The Bertz CT molecular complexity index is 1170. The lowest BCUT2D eigenvalue weighted by atomic mass is 10.0. The van der Waals surface area contributed by atoms with Gasteiger partial charge in [-0.2, -0.15) is 11.8 Å². The number of urea groups is 1. The van der Waals surface area contributed by atoms with Gasteiger partial charge in [0.1, 0.15) is 5.78 Å². The average molecular weight is 628 g/mol. The number of nitro groups is 1. The number of nitrogens with zero attached hydrogens (tertiary/aromatic N) is 1. The molecule has 0 aliphatic carbocycles. The van der Waals surface area contributed by atoms with Gasteiger partial charge in [-0.15, -0.1) is 0 Å². The van der Waals surface area contributed by atoms with E-state index in [1.54, 1.807) is 0 Å². The Balaban J connectivity index is 1.26. The topological polar surface area (TPSA) is 189 Å². The number of nitro benzene ring substituents is 1. The van der Waals surface area contributed by atoms with Gasteiger partial charge in [0.15, 0.2) is 0 Å². The van der Waals surface area contributed by atoms with Crippen LogP contribution in [0, 0.1) is 10.1 Å². The fourth-order valence-corrected chi connectivity index (χ4v) is 7.32. The van der Waals surface area contributed by atoms with Crippen LogP contribution in [-0.4, -0.2) is 52.8 Å². The molecule has 3 rings (SSSR count). The molecule has 3 N–H and O–H groups in total. The van der Waals surface area contributed by atoms with Gasteiger partial charge in [0, 0.05) is 50.0 Å². The van der Waals surface area contributed by atoms with E-state index in [1.165, 1.54) is 25.1 Å². The number of carbonyl (C=O) groups excluding carboxylic acids is 3. The van der Waals surface area contributed by atoms with Gasteiger partial charge in [0.05, 0.1) is 28.7 Å². The Hall–Kier alpha value is -2.51. The number of ketones is 1. The van der Waals surface area contributed by atoms with E-state index in [9.17, 15) is 34.0 Å². The molecule has 1 aromatic carbocycles. The second kappa shape index (κ2) is 16.4. The van der Waals surface area contributed by atoms with Gasteiger partial charge >= 0.3 is 6.03 Å². The third-order valence-corrected chi connectivity index (χ3v) is 10.00. The highest BCUT2D eigenvalue weighted by Gasteiger charge is 2.42. The standard InChI is InChI=1S/C27H41N4O9PS/c1-18(40-41(37,38)39-2)21-15-19(13-14-23(21)31(35)36)16-28-25(33)12-6-4-3-5-9-20(32)10-7-8-11-24-26-22(17-42-24)29-27(34)30-26/h13-15,18,22,24,26H,3-12,16-17H2,1-2H3,(H,28,33)(H,37,38)(H2,29,30,34)/p-1. The number of thioether (sulfide) groups is 1. The van der Waals surface area contributed by atoms with E-state index < -0.39 is 18.8 Å². The summed E-state index contributed by atoms with van der Waals surface area (Å²) >= 11 is 1.89. The van der Waals surface area contributed by atoms with Crippen LogP contribution in [0.2, 0.25) is 0 Å². The predicted octanol–water partition coefficient (Wildman–Crippen LogP) is 4.04. The number of hydrogen-bond donors (Lipinski definition) is 3. The minimum absolute atomic E-state index is 0.0528. The average Bonchev–Trinajstić information content (AvgIpc) is 3.50. The van der Waals surface area contributed by atoms with Crippen molar-refractivity contribution in [1.82, 2.24) is 16.0 Å². The maximum atomic E-state index is 12.3. The van der Waals surface area contributed by atoms with E-state index in [2.05, 4.69) is 20.5 Å². The summed E-state index contributed by atoms with van der Waals surface area (Å²) in [5.74, 6) is 1.04. The van der Waals surface area contributed by atoms with Crippen molar-refractivity contribution in [2.45, 2.75) is 101 Å². The fraction of sp³-hybridized carbons (Fsp3) is 0.667. The van der Waals surface area contributed by atoms with Crippen LogP contribution in [0.15, 0.2) is 18.2 Å². The smallest absolute Gasteiger partial charge is 0.315 e. The van der Waals surface area contributed by atoms with Gasteiger partial charge in [-0.1, -0.05) is 25.3 Å². The highest BCUT2D eigenvalue weighted by Crippen LogP contribution is 2.44. The van der Waals surface area contributed by atoms with Crippen LogP contribution in [0.3, 0.4) is 0 Å². The molecule has 1 aromatic rings. The maximum absolute atomic E-state index is 12.3. The Labute approximate surface area is 250 Å². The molecule has 2 aliphatic heterocycles. The van der Waals surface area contributed by atoms with Gasteiger partial charge in [-0.25, -0.2) is 4.79 Å². The molecule has 2 fully saturated rings. The van der Waals surface area contributed by atoms with Crippen LogP contribution in [0.4, 0.5) is 10.5 Å². The van der Waals surface area contributed by atoms with Crippen LogP contribution in [0.25, 0.3) is 0 Å². The zero-order valence-electron chi connectivity index (χ0n) is 24.0. The third-order valence-electron chi connectivity index (χ3n) is 7.47. The number of unbranched alkanes of at least 4 members (excludes halogenated alkanes) is 4. The fourth-order valence-electron chi connectivity index (χ4n) is 5.19. The molecule has 5 atom stereocenters. The van der Waals surface area contributed by atoms with Crippen molar-refractivity contribution < 1.29 is 37.8 Å². The quantitative estimate of drug-likeness (QED) is 0.0664. The first-order chi connectivity index (χ1) is 20.0. The summed E-state index contributed by atoms with van der Waals surface area (Å²) in [5.41, 5.74) is 0.313. The summed E-state index contributed by atoms with van der Waals surface area (Å²) in [4.78, 5) is 58.3. The molecule has 2 aliphatic rings. The SMILES string of the molecule is COP(=O)([O-])OC(C)c1cc(CNC(=O)CCCCCCC(=O)CCCCC2SCC3NC(=O)NC32)ccc1[N+](=O)[O-]. The number of phosphoric acid groups is 1. The Morgan fingerprint density at radius 3 is 2.52 bits per heavy atom. The molecule has 0 spiro atoms. The first-order valence-corrected chi connectivity index (χ1v) is 16.8. The molecule has 42 heavy (non-hydrogen) atoms. The zero-order valence-corrected chi connectivity index (χ0v) is 25.7. The summed E-state index contributed by atoms with van der Waals surface area (Å²) in [6.07, 6.45) is 6.29. The molecule has 0 aromatic heterocycles. The van der Waals surface area contributed by atoms with Crippen LogP contribution in [0.5, 0.6) is 0 Å². The lowest BCUT2D eigenvalue weighted by Crippen LogP contribution is -2.36. The Kier molecular flexibility index (Phi) is 13.2. The Morgan fingerprint density at radius 2 is 1.83 bits per heavy atom. The number of phosphoric ester groups is 1. The molecule has 0 radical (unpaired) electrons. The third kappa shape index (κ3) is 10.6. The molecule has 5 unspecified atom stereocenters. The van der Waals surface area contributed by atoms with Crippen molar-refractivity contribution >= 4 is 43.0 Å². The number of fused-ring (bicyclic) bond motifs is 1. The minimum atomic E-state index is -4.61. The van der Waals surface area contributed by atoms with Gasteiger partial charge in [-0.05, 0) is 44.2 Å². The van der Waals surface area contributed by atoms with Crippen molar-refractivity contribution in [3.63, 3.8) is 0 Å². The normalized spacial score (nSPS) is 21.6. The van der Waals surface area contributed by atoms with E-state index in [4.69, 9.17) is 4.52 Å². The van der Waals surface area contributed by atoms with Gasteiger partial charge in [-0.3, -0.25) is 24.3 Å². The highest BCUT2D eigenvalue weighted by molar-refractivity contribution is 8.00. The van der Waals surface area contributed by atoms with E-state index in [0.29, 0.717) is 36.5 Å². The summed E-state index contributed by atoms with van der Waals surface area (Å²) in [6.45, 7) is 1.49. The summed E-state index contributed by atoms with van der Waals surface area (Å²) in [7, 11) is -3.67. The second-order valence-corrected chi connectivity index (χ2v) is 13.4. The van der Waals surface area contributed by atoms with Crippen molar-refractivity contribution in [1.29, 1.82) is 0 Å². The Morgan fingerprint density at radius 1 is 1.14 bits per heavy atom. The number of rotatable bonds is 19. The van der Waals surface area contributed by atoms with Crippen molar-refractivity contribution in [3.8, 4) is 0 Å². The van der Waals surface area contributed by atoms with E-state index >= 15 is 0 Å². The summed E-state index contributed by atoms with van der Waals surface area (Å²) in [6, 6.07) is 4.53. The van der Waals surface area contributed by atoms with E-state index in [1.807, 2.05) is 11.8 Å². The van der Waals surface area contributed by atoms with E-state index in [-0.39, 0.29) is 47.6 Å². The minimum Gasteiger partial charge on any atom is -0.756 e. The van der Waals surface area contributed by atoms with Crippen LogP contribution >= 0.6 is 19.6 Å². The predicted molar refractivity (Wildman–Crippen MR) is 156 cm³/mol. The number of nitrogens with one attached hydrogen (secondary N) is 3. The molecule has 13 nitrogen and oxygen atoms in total. The van der Waals surface area contributed by atoms with Crippen LogP contribution in [-0.2, 0) is 29.7 Å². The molecule has 2 saturated heterocycles. The number of carbonyl (C=O) groups is 3. The molecule has 15 heteroatoms. The molecule has 0 bridgehead atoms. The van der Waals surface area contributed by atoms with Crippen molar-refractivity contribution in [2.75, 3.05) is 12.9 Å². The molecule has 2 heterocycles. The lowest BCUT2D eigenvalue weighted by molar-refractivity contribution is -0.386. The van der Waals surface area contributed by atoms with Crippen LogP contribution < -0.4 is 20.8 Å². The largest absolute Gasteiger partial charge is 0.756 e. The van der Waals surface area contributed by atoms with Gasteiger partial charge < -0.3 is 29.9 Å². The second-order valence-electron chi connectivity index (χ2n) is 10.6. The van der Waals surface area contributed by atoms with Crippen molar-refractivity contribution in [3.05, 3.63) is 39.4 Å².